The van der Waals surface area contributed by atoms with Gasteiger partial charge < -0.3 is 20.0 Å². The maximum atomic E-state index is 12.2. The van der Waals surface area contributed by atoms with Crippen LogP contribution in [-0.4, -0.2) is 36.0 Å². The Labute approximate surface area is 158 Å². The number of hydrogen-bond donors (Lipinski definition) is 2. The molecule has 0 bridgehead atoms. The van der Waals surface area contributed by atoms with Crippen LogP contribution in [0.5, 0.6) is 0 Å². The minimum Gasteiger partial charge on any atom is -0.464 e. The molecule has 6 nitrogen and oxygen atoms in total. The van der Waals surface area contributed by atoms with Crippen molar-refractivity contribution in [2.45, 2.75) is 38.1 Å². The number of carbonyl (C=O) groups is 2. The van der Waals surface area contributed by atoms with Crippen molar-refractivity contribution in [3.05, 3.63) is 42.7 Å². The van der Waals surface area contributed by atoms with E-state index in [1.165, 1.54) is 12.8 Å². The van der Waals surface area contributed by atoms with Crippen molar-refractivity contribution in [2.75, 3.05) is 18.4 Å². The summed E-state index contributed by atoms with van der Waals surface area (Å²) in [5, 5.41) is 5.74. The third-order valence-electron chi connectivity index (χ3n) is 5.50. The van der Waals surface area contributed by atoms with Crippen LogP contribution in [0.3, 0.4) is 0 Å². The Hall–Kier alpha value is -2.76. The highest BCUT2D eigenvalue weighted by Crippen LogP contribution is 2.29. The number of likely N-dealkylation sites (tertiary alicyclic amines) is 1. The summed E-state index contributed by atoms with van der Waals surface area (Å²) < 4.78 is 5.36. The number of nitrogens with one attached hydrogen (secondary N) is 2. The Kier molecular flexibility index (Phi) is 5.14. The zero-order valence-corrected chi connectivity index (χ0v) is 15.3. The molecule has 1 saturated carbocycles. The molecule has 27 heavy (non-hydrogen) atoms. The zero-order valence-electron chi connectivity index (χ0n) is 15.3. The Bertz CT molecular complexity index is 780. The van der Waals surface area contributed by atoms with E-state index in [-0.39, 0.29) is 17.9 Å². The van der Waals surface area contributed by atoms with Gasteiger partial charge in [0.15, 0.2) is 0 Å². The van der Waals surface area contributed by atoms with Crippen LogP contribution in [0.1, 0.15) is 32.1 Å². The monoisotopic (exact) mass is 367 g/mol. The summed E-state index contributed by atoms with van der Waals surface area (Å²) in [4.78, 5) is 26.4. The van der Waals surface area contributed by atoms with Crippen molar-refractivity contribution in [3.8, 4) is 11.3 Å². The normalized spacial score (nSPS) is 20.2. The number of nitrogens with zero attached hydrogens (tertiary/aromatic N) is 1. The lowest BCUT2D eigenvalue weighted by molar-refractivity contribution is -0.129. The molecule has 3 amide bonds. The molecule has 1 aromatic heterocycles. The summed E-state index contributed by atoms with van der Waals surface area (Å²) in [5.74, 6) is 1.23. The van der Waals surface area contributed by atoms with E-state index in [2.05, 4.69) is 10.6 Å². The number of carbonyl (C=O) groups excluding carboxylic acids is 2. The smallest absolute Gasteiger partial charge is 0.319 e. The van der Waals surface area contributed by atoms with Gasteiger partial charge in [0, 0.05) is 42.7 Å². The fraction of sp³-hybridized carbons (Fsp3) is 0.429. The molecule has 0 radical (unpaired) electrons. The first kappa shape index (κ1) is 17.6. The van der Waals surface area contributed by atoms with Crippen molar-refractivity contribution in [3.63, 3.8) is 0 Å². The fourth-order valence-corrected chi connectivity index (χ4v) is 4.09. The number of rotatable bonds is 5. The number of anilines is 1. The highest BCUT2D eigenvalue weighted by Gasteiger charge is 2.35. The predicted molar refractivity (Wildman–Crippen MR) is 103 cm³/mol. The van der Waals surface area contributed by atoms with Gasteiger partial charge in [0.2, 0.25) is 5.91 Å². The third-order valence-corrected chi connectivity index (χ3v) is 5.50. The lowest BCUT2D eigenvalue weighted by Crippen LogP contribution is -2.36. The van der Waals surface area contributed by atoms with Gasteiger partial charge in [0.05, 0.1) is 6.26 Å². The molecule has 6 heteroatoms. The van der Waals surface area contributed by atoms with Gasteiger partial charge in [-0.1, -0.05) is 12.8 Å². The molecule has 4 rings (SSSR count). The molecule has 142 valence electrons. The Morgan fingerprint density at radius 3 is 2.63 bits per heavy atom. The molecule has 2 fully saturated rings. The van der Waals surface area contributed by atoms with E-state index in [4.69, 9.17) is 4.42 Å². The molecule has 1 aliphatic carbocycles. The molecule has 0 spiro atoms. The van der Waals surface area contributed by atoms with Crippen LogP contribution in [0.25, 0.3) is 11.3 Å². The van der Waals surface area contributed by atoms with E-state index in [1.54, 1.807) is 6.26 Å². The molecule has 0 unspecified atom stereocenters. The van der Waals surface area contributed by atoms with Gasteiger partial charge in [-0.15, -0.1) is 0 Å². The molecule has 2 aliphatic rings. The van der Waals surface area contributed by atoms with Gasteiger partial charge in [0.25, 0.3) is 0 Å². The van der Waals surface area contributed by atoms with Gasteiger partial charge >= 0.3 is 6.03 Å². The van der Waals surface area contributed by atoms with Gasteiger partial charge in [0.1, 0.15) is 5.76 Å². The summed E-state index contributed by atoms with van der Waals surface area (Å²) in [6, 6.07) is 11.4. The first-order chi connectivity index (χ1) is 13.2. The highest BCUT2D eigenvalue weighted by molar-refractivity contribution is 5.89. The second-order valence-electron chi connectivity index (χ2n) is 7.44. The second kappa shape index (κ2) is 7.86. The van der Waals surface area contributed by atoms with Gasteiger partial charge in [-0.2, -0.15) is 0 Å². The average molecular weight is 367 g/mol. The molecular weight excluding hydrogens is 342 g/mol. The van der Waals surface area contributed by atoms with Crippen LogP contribution in [-0.2, 0) is 4.79 Å². The minimum atomic E-state index is -0.243. The van der Waals surface area contributed by atoms with Crippen molar-refractivity contribution in [1.29, 1.82) is 0 Å². The molecule has 1 atom stereocenters. The predicted octanol–water partition coefficient (Wildman–Crippen LogP) is 3.86. The first-order valence-corrected chi connectivity index (χ1v) is 9.67. The standard InChI is InChI=1S/C21H25N3O3/c25-20-12-15(14-24(20)18-4-1-2-5-18)13-22-21(26)23-17-9-7-16(8-10-17)19-6-3-11-27-19/h3,6-11,15,18H,1-2,4-5,12-14H2,(H2,22,23,26)/t15-/m1/s1. The van der Waals surface area contributed by atoms with Crippen LogP contribution in [0, 0.1) is 5.92 Å². The number of hydrogen-bond acceptors (Lipinski definition) is 3. The summed E-state index contributed by atoms with van der Waals surface area (Å²) in [7, 11) is 0. The van der Waals surface area contributed by atoms with E-state index in [9.17, 15) is 9.59 Å². The highest BCUT2D eigenvalue weighted by atomic mass is 16.3. The zero-order chi connectivity index (χ0) is 18.6. The van der Waals surface area contributed by atoms with E-state index < -0.39 is 0 Å². The molecule has 1 aromatic carbocycles. The largest absolute Gasteiger partial charge is 0.464 e. The third kappa shape index (κ3) is 4.15. The first-order valence-electron chi connectivity index (χ1n) is 9.67. The number of benzene rings is 1. The number of urea groups is 1. The van der Waals surface area contributed by atoms with E-state index in [0.29, 0.717) is 19.0 Å². The average Bonchev–Trinajstić information content (AvgIpc) is 3.42. The van der Waals surface area contributed by atoms with E-state index >= 15 is 0 Å². The van der Waals surface area contributed by atoms with Gasteiger partial charge in [-0.3, -0.25) is 4.79 Å². The van der Waals surface area contributed by atoms with Crippen molar-refractivity contribution in [1.82, 2.24) is 10.2 Å². The van der Waals surface area contributed by atoms with E-state index in [1.807, 2.05) is 41.3 Å². The quantitative estimate of drug-likeness (QED) is 0.843. The van der Waals surface area contributed by atoms with Gasteiger partial charge in [-0.25, -0.2) is 4.79 Å². The lowest BCUT2D eigenvalue weighted by Gasteiger charge is -2.24. The fourth-order valence-electron chi connectivity index (χ4n) is 4.09. The summed E-state index contributed by atoms with van der Waals surface area (Å²) in [6.07, 6.45) is 6.86. The topological polar surface area (TPSA) is 74.6 Å². The number of furan rings is 1. The van der Waals surface area contributed by atoms with E-state index in [0.717, 1.165) is 36.4 Å². The van der Waals surface area contributed by atoms with Crippen molar-refractivity contribution in [2.24, 2.45) is 5.92 Å². The van der Waals surface area contributed by atoms with Crippen LogP contribution >= 0.6 is 0 Å². The molecule has 1 saturated heterocycles. The Morgan fingerprint density at radius 1 is 1.15 bits per heavy atom. The SMILES string of the molecule is O=C(NC[C@H]1CC(=O)N(C2CCCC2)C1)Nc1ccc(-c2ccco2)cc1. The van der Waals surface area contributed by atoms with Crippen LogP contribution in [0.2, 0.25) is 0 Å². The molecular formula is C21H25N3O3. The summed E-state index contributed by atoms with van der Waals surface area (Å²) in [6.45, 7) is 1.28. The van der Waals surface area contributed by atoms with Crippen LogP contribution in [0.15, 0.2) is 47.1 Å². The molecule has 2 N–H and O–H groups in total. The van der Waals surface area contributed by atoms with Gasteiger partial charge in [-0.05, 0) is 49.2 Å². The Morgan fingerprint density at radius 2 is 1.93 bits per heavy atom. The van der Waals surface area contributed by atoms with Crippen molar-refractivity contribution < 1.29 is 14.0 Å². The molecule has 2 heterocycles. The van der Waals surface area contributed by atoms with Crippen LogP contribution < -0.4 is 10.6 Å². The second-order valence-corrected chi connectivity index (χ2v) is 7.44. The Balaban J connectivity index is 1.24. The summed E-state index contributed by atoms with van der Waals surface area (Å²) in [5.41, 5.74) is 1.68. The lowest BCUT2D eigenvalue weighted by atomic mass is 10.1. The van der Waals surface area contributed by atoms with Crippen molar-refractivity contribution >= 4 is 17.6 Å². The minimum absolute atomic E-state index is 0.199. The molecule has 1 aliphatic heterocycles. The van der Waals surface area contributed by atoms with Crippen LogP contribution in [0.4, 0.5) is 10.5 Å². The maximum Gasteiger partial charge on any atom is 0.319 e. The molecule has 2 aromatic rings. The maximum absolute atomic E-state index is 12.2. The number of amides is 3. The summed E-state index contributed by atoms with van der Waals surface area (Å²) >= 11 is 0.